The minimum Gasteiger partial charge on any atom is -0.448 e. The molecule has 8 heteroatoms. The van der Waals surface area contributed by atoms with Gasteiger partial charge in [0.25, 0.3) is 0 Å². The van der Waals surface area contributed by atoms with E-state index in [2.05, 4.69) is 15.3 Å². The van der Waals surface area contributed by atoms with Gasteiger partial charge in [-0.25, -0.2) is 14.1 Å². The maximum absolute atomic E-state index is 13.6. The average Bonchev–Trinajstić information content (AvgIpc) is 2.54. The molecule has 0 saturated carbocycles. The van der Waals surface area contributed by atoms with E-state index < -0.39 is 11.4 Å². The van der Waals surface area contributed by atoms with Crippen LogP contribution in [0, 0.1) is 5.82 Å². The minimum absolute atomic E-state index is 0.0632. The number of benzene rings is 1. The highest BCUT2D eigenvalue weighted by atomic mass is 19.1. The Labute approximate surface area is 124 Å². The van der Waals surface area contributed by atoms with Gasteiger partial charge in [0, 0.05) is 18.6 Å². The summed E-state index contributed by atoms with van der Waals surface area (Å²) in [5.74, 6) is 5.32. The van der Waals surface area contributed by atoms with Gasteiger partial charge in [-0.2, -0.15) is 4.98 Å². The molecule has 0 radical (unpaired) electrons. The summed E-state index contributed by atoms with van der Waals surface area (Å²) in [5, 5.41) is 3.25. The van der Waals surface area contributed by atoms with Crippen molar-refractivity contribution in [2.24, 2.45) is 0 Å². The number of hydrogen-bond donors (Lipinski definition) is 2. The van der Waals surface area contributed by atoms with Crippen LogP contribution < -0.4 is 21.5 Å². The van der Waals surface area contributed by atoms with Gasteiger partial charge in [0.15, 0.2) is 23.0 Å². The Balaban J connectivity index is 2.14. The van der Waals surface area contributed by atoms with Crippen molar-refractivity contribution in [2.45, 2.75) is 0 Å². The average molecular weight is 301 g/mol. The Morgan fingerprint density at radius 2 is 2.09 bits per heavy atom. The summed E-state index contributed by atoms with van der Waals surface area (Å²) in [6.07, 6.45) is 1.49. The van der Waals surface area contributed by atoms with Gasteiger partial charge in [-0.1, -0.05) is 12.1 Å². The number of para-hydroxylation sites is 1. The molecule has 2 aromatic heterocycles. The van der Waals surface area contributed by atoms with Gasteiger partial charge in [-0.05, 0) is 18.2 Å². The quantitative estimate of drug-likeness (QED) is 0.711. The topological polar surface area (TPSA) is 95.1 Å². The number of nitrogens with zero attached hydrogens (tertiary/aromatic N) is 3. The number of fused-ring (bicyclic) bond motifs is 1. The van der Waals surface area contributed by atoms with Crippen molar-refractivity contribution < 1.29 is 9.13 Å². The first kappa shape index (κ1) is 13.8. The lowest BCUT2D eigenvalue weighted by Crippen LogP contribution is -2.29. The van der Waals surface area contributed by atoms with Crippen LogP contribution in [0.2, 0.25) is 0 Å². The van der Waals surface area contributed by atoms with Gasteiger partial charge < -0.3 is 15.9 Å². The Kier molecular flexibility index (Phi) is 3.34. The third-order valence-electron chi connectivity index (χ3n) is 3.02. The number of pyridine rings is 1. The highest BCUT2D eigenvalue weighted by Gasteiger charge is 2.13. The smallest absolute Gasteiger partial charge is 0.313 e. The van der Waals surface area contributed by atoms with Crippen molar-refractivity contribution in [1.29, 1.82) is 0 Å². The van der Waals surface area contributed by atoms with Crippen molar-refractivity contribution >= 4 is 17.0 Å². The number of nitrogens with two attached hydrogens (primary N) is 1. The standard InChI is InChI=1S/C14H12FN5O2/c1-17-14-18-7-8-6-11(13(21)20(16)12(8)19-14)22-10-5-3-2-4-9(10)15/h2-7H,16H2,1H3,(H,17,18,19). The zero-order chi connectivity index (χ0) is 15.7. The summed E-state index contributed by atoms with van der Waals surface area (Å²) in [5.41, 5.74) is -0.387. The monoisotopic (exact) mass is 301 g/mol. The molecule has 0 saturated heterocycles. The largest absolute Gasteiger partial charge is 0.448 e. The van der Waals surface area contributed by atoms with Crippen LogP contribution in [0.15, 0.2) is 41.3 Å². The van der Waals surface area contributed by atoms with Gasteiger partial charge >= 0.3 is 5.56 Å². The maximum Gasteiger partial charge on any atom is 0.313 e. The van der Waals surface area contributed by atoms with Crippen LogP contribution in [0.1, 0.15) is 0 Å². The summed E-state index contributed by atoms with van der Waals surface area (Å²) in [7, 11) is 1.65. The lowest BCUT2D eigenvalue weighted by atomic mass is 10.3. The van der Waals surface area contributed by atoms with E-state index in [9.17, 15) is 9.18 Å². The molecule has 0 amide bonds. The number of rotatable bonds is 3. The lowest BCUT2D eigenvalue weighted by Gasteiger charge is -2.10. The highest BCUT2D eigenvalue weighted by molar-refractivity contribution is 5.76. The molecule has 3 rings (SSSR count). The zero-order valence-corrected chi connectivity index (χ0v) is 11.6. The number of anilines is 1. The molecule has 0 aliphatic carbocycles. The van der Waals surface area contributed by atoms with E-state index >= 15 is 0 Å². The predicted octanol–water partition coefficient (Wildman–Crippen LogP) is 1.48. The van der Waals surface area contributed by atoms with Crippen molar-refractivity contribution in [1.82, 2.24) is 14.6 Å². The first-order valence-corrected chi connectivity index (χ1v) is 6.38. The summed E-state index contributed by atoms with van der Waals surface area (Å²) < 4.78 is 19.8. The number of ether oxygens (including phenoxy) is 1. The van der Waals surface area contributed by atoms with Crippen LogP contribution in [-0.4, -0.2) is 21.7 Å². The molecule has 7 nitrogen and oxygen atoms in total. The fraction of sp³-hybridized carbons (Fsp3) is 0.0714. The number of nitrogen functional groups attached to an aromatic ring is 1. The molecule has 3 aromatic rings. The van der Waals surface area contributed by atoms with Crippen LogP contribution in [0.3, 0.4) is 0 Å². The van der Waals surface area contributed by atoms with Gasteiger partial charge in [0.05, 0.1) is 0 Å². The maximum atomic E-state index is 13.6. The van der Waals surface area contributed by atoms with Crippen molar-refractivity contribution in [3.8, 4) is 11.5 Å². The van der Waals surface area contributed by atoms with Crippen molar-refractivity contribution in [3.05, 3.63) is 52.7 Å². The van der Waals surface area contributed by atoms with Gasteiger partial charge in [0.1, 0.15) is 0 Å². The minimum atomic E-state index is -0.628. The SMILES string of the molecule is CNc1ncc2cc(Oc3ccccc3F)c(=O)n(N)c2n1. The summed E-state index contributed by atoms with van der Waals surface area (Å²) in [4.78, 5) is 20.4. The van der Waals surface area contributed by atoms with Crippen LogP contribution >= 0.6 is 0 Å². The van der Waals surface area contributed by atoms with Gasteiger partial charge in [0.2, 0.25) is 5.95 Å². The van der Waals surface area contributed by atoms with E-state index in [1.165, 1.54) is 30.5 Å². The second kappa shape index (κ2) is 5.32. The molecular weight excluding hydrogens is 289 g/mol. The Morgan fingerprint density at radius 1 is 1.32 bits per heavy atom. The van der Waals surface area contributed by atoms with E-state index in [0.29, 0.717) is 11.3 Å². The fourth-order valence-corrected chi connectivity index (χ4v) is 1.93. The molecule has 0 spiro atoms. The fourth-order valence-electron chi connectivity index (χ4n) is 1.93. The molecule has 22 heavy (non-hydrogen) atoms. The van der Waals surface area contributed by atoms with Crippen molar-refractivity contribution in [3.63, 3.8) is 0 Å². The second-order valence-corrected chi connectivity index (χ2v) is 4.44. The predicted molar refractivity (Wildman–Crippen MR) is 80.0 cm³/mol. The molecule has 3 N–H and O–H groups in total. The molecule has 0 fully saturated rings. The number of aromatic nitrogens is 3. The summed E-state index contributed by atoms with van der Waals surface area (Å²) >= 11 is 0. The molecule has 112 valence electrons. The third kappa shape index (κ3) is 2.30. The Morgan fingerprint density at radius 3 is 2.82 bits per heavy atom. The van der Waals surface area contributed by atoms with E-state index in [-0.39, 0.29) is 17.1 Å². The Bertz CT molecular complexity index is 909. The lowest BCUT2D eigenvalue weighted by molar-refractivity contribution is 0.435. The first-order valence-electron chi connectivity index (χ1n) is 6.38. The number of hydrogen-bond acceptors (Lipinski definition) is 6. The van der Waals surface area contributed by atoms with E-state index in [1.54, 1.807) is 13.1 Å². The van der Waals surface area contributed by atoms with E-state index in [1.807, 2.05) is 0 Å². The molecule has 0 unspecified atom stereocenters. The molecule has 0 aliphatic rings. The van der Waals surface area contributed by atoms with Crippen molar-refractivity contribution in [2.75, 3.05) is 18.2 Å². The van der Waals surface area contributed by atoms with E-state index in [0.717, 1.165) is 4.68 Å². The van der Waals surface area contributed by atoms with Crippen LogP contribution in [0.5, 0.6) is 11.5 Å². The number of nitrogens with one attached hydrogen (secondary N) is 1. The zero-order valence-electron chi connectivity index (χ0n) is 11.6. The molecule has 1 aromatic carbocycles. The van der Waals surface area contributed by atoms with Gasteiger partial charge in [-0.3, -0.25) is 4.79 Å². The third-order valence-corrected chi connectivity index (χ3v) is 3.02. The van der Waals surface area contributed by atoms with Crippen LogP contribution in [0.25, 0.3) is 11.0 Å². The molecule has 0 bridgehead atoms. The first-order chi connectivity index (χ1) is 10.6. The number of halogens is 1. The summed E-state index contributed by atoms with van der Waals surface area (Å²) in [6.45, 7) is 0. The molecule has 0 atom stereocenters. The second-order valence-electron chi connectivity index (χ2n) is 4.44. The molecule has 0 aliphatic heterocycles. The van der Waals surface area contributed by atoms with Crippen LogP contribution in [-0.2, 0) is 0 Å². The van der Waals surface area contributed by atoms with Crippen LogP contribution in [0.4, 0.5) is 10.3 Å². The molecule has 2 heterocycles. The van der Waals surface area contributed by atoms with E-state index in [4.69, 9.17) is 10.6 Å². The highest BCUT2D eigenvalue weighted by Crippen LogP contribution is 2.23. The summed E-state index contributed by atoms with van der Waals surface area (Å²) in [6, 6.07) is 7.20. The van der Waals surface area contributed by atoms with Gasteiger partial charge in [-0.15, -0.1) is 0 Å². The normalized spacial score (nSPS) is 10.6. The molecular formula is C14H12FN5O2. The Hall–Kier alpha value is -3.16.